The Morgan fingerprint density at radius 1 is 1.04 bits per heavy atom. The zero-order valence-electron chi connectivity index (χ0n) is 12.3. The predicted molar refractivity (Wildman–Crippen MR) is 82.6 cm³/mol. The lowest BCUT2D eigenvalue weighted by Crippen LogP contribution is -2.14. The molecule has 130 valence electrons. The fraction of sp³-hybridized carbons (Fsp3) is 0.0667. The van der Waals surface area contributed by atoms with Crippen LogP contribution in [0.25, 0.3) is 10.9 Å². The van der Waals surface area contributed by atoms with Gasteiger partial charge in [-0.15, -0.1) is 0 Å². The van der Waals surface area contributed by atoms with Crippen LogP contribution in [0.2, 0.25) is 0 Å². The summed E-state index contributed by atoms with van der Waals surface area (Å²) >= 11 is 0. The van der Waals surface area contributed by atoms with E-state index in [1.165, 1.54) is 18.3 Å². The molecule has 0 aliphatic heterocycles. The van der Waals surface area contributed by atoms with Crippen LogP contribution in [0.5, 0.6) is 0 Å². The molecule has 0 aliphatic carbocycles. The largest absolute Gasteiger partial charge is 0.422 e. The highest BCUT2D eigenvalue weighted by molar-refractivity contribution is 7.90. The Balaban J connectivity index is 2.22. The van der Waals surface area contributed by atoms with E-state index in [4.69, 9.17) is 0 Å². The zero-order valence-corrected chi connectivity index (χ0v) is 13.1. The Bertz CT molecular complexity index is 1090. The number of rotatable bonds is 3. The summed E-state index contributed by atoms with van der Waals surface area (Å²) < 4.78 is 64.9. The Labute approximate surface area is 139 Å². The van der Waals surface area contributed by atoms with Gasteiger partial charge in [-0.05, 0) is 24.3 Å². The van der Waals surface area contributed by atoms with E-state index < -0.39 is 37.3 Å². The monoisotopic (exact) mass is 370 g/mol. The molecule has 10 heteroatoms. The third-order valence-electron chi connectivity index (χ3n) is 3.59. The van der Waals surface area contributed by atoms with Gasteiger partial charge in [-0.2, -0.15) is 13.2 Å². The number of hydrogen-bond acceptors (Lipinski definition) is 4. The number of nitro groups is 1. The lowest BCUT2D eigenvalue weighted by atomic mass is 10.2. The summed E-state index contributed by atoms with van der Waals surface area (Å²) in [6, 6.07) is 9.53. The van der Waals surface area contributed by atoms with E-state index in [2.05, 4.69) is 0 Å². The van der Waals surface area contributed by atoms with Crippen LogP contribution in [0.3, 0.4) is 0 Å². The summed E-state index contributed by atoms with van der Waals surface area (Å²) in [5, 5.41) is 11.6. The topological polar surface area (TPSA) is 82.2 Å². The van der Waals surface area contributed by atoms with Crippen molar-refractivity contribution in [1.82, 2.24) is 3.97 Å². The standard InChI is InChI=1S/C15H9F3N2O4S/c16-15(17,18)12-6-5-11(9-14(12)20(21)22)25(23,24)19-8-7-10-3-1-2-4-13(10)19/h1-9H. The van der Waals surface area contributed by atoms with Crippen molar-refractivity contribution in [2.75, 3.05) is 0 Å². The highest BCUT2D eigenvalue weighted by Gasteiger charge is 2.39. The Morgan fingerprint density at radius 2 is 1.72 bits per heavy atom. The molecule has 1 aromatic heterocycles. The molecule has 0 aliphatic rings. The van der Waals surface area contributed by atoms with E-state index in [-0.39, 0.29) is 0 Å². The molecule has 3 rings (SSSR count). The molecule has 25 heavy (non-hydrogen) atoms. The molecular weight excluding hydrogens is 361 g/mol. The Morgan fingerprint density at radius 3 is 2.36 bits per heavy atom. The van der Waals surface area contributed by atoms with Crippen LogP contribution in [0.4, 0.5) is 18.9 Å². The molecule has 0 saturated heterocycles. The smallest absolute Gasteiger partial charge is 0.258 e. The maximum Gasteiger partial charge on any atom is 0.422 e. The summed E-state index contributed by atoms with van der Waals surface area (Å²) in [5.41, 5.74) is -2.51. The fourth-order valence-corrected chi connectivity index (χ4v) is 3.82. The second kappa shape index (κ2) is 5.59. The lowest BCUT2D eigenvalue weighted by molar-refractivity contribution is -0.388. The van der Waals surface area contributed by atoms with Crippen LogP contribution >= 0.6 is 0 Å². The van der Waals surface area contributed by atoms with Crippen LogP contribution in [-0.4, -0.2) is 17.3 Å². The minimum atomic E-state index is -4.97. The molecule has 0 radical (unpaired) electrons. The summed E-state index contributed by atoms with van der Waals surface area (Å²) in [5.74, 6) is 0. The van der Waals surface area contributed by atoms with Gasteiger partial charge in [-0.25, -0.2) is 12.4 Å². The van der Waals surface area contributed by atoms with Gasteiger partial charge in [0.05, 0.1) is 15.3 Å². The third-order valence-corrected chi connectivity index (χ3v) is 5.28. The summed E-state index contributed by atoms with van der Waals surface area (Å²) in [6.45, 7) is 0. The van der Waals surface area contributed by atoms with Gasteiger partial charge in [0.15, 0.2) is 0 Å². The van der Waals surface area contributed by atoms with Gasteiger partial charge in [0.2, 0.25) is 0 Å². The van der Waals surface area contributed by atoms with Crippen molar-refractivity contribution in [3.63, 3.8) is 0 Å². The highest BCUT2D eigenvalue weighted by atomic mass is 32.2. The van der Waals surface area contributed by atoms with Crippen molar-refractivity contribution < 1.29 is 26.5 Å². The molecule has 6 nitrogen and oxygen atoms in total. The van der Waals surface area contributed by atoms with Gasteiger partial charge in [0.1, 0.15) is 5.56 Å². The number of fused-ring (bicyclic) bond motifs is 1. The van der Waals surface area contributed by atoms with Crippen molar-refractivity contribution in [3.05, 3.63) is 70.4 Å². The first kappa shape index (κ1) is 17.0. The van der Waals surface area contributed by atoms with Crippen molar-refractivity contribution in [1.29, 1.82) is 0 Å². The Hall–Kier alpha value is -2.88. The minimum Gasteiger partial charge on any atom is -0.258 e. The second-order valence-corrected chi connectivity index (χ2v) is 6.92. The lowest BCUT2D eigenvalue weighted by Gasteiger charge is -2.11. The van der Waals surface area contributed by atoms with Gasteiger partial charge in [0, 0.05) is 17.6 Å². The van der Waals surface area contributed by atoms with Gasteiger partial charge >= 0.3 is 6.18 Å². The molecular formula is C15H9F3N2O4S. The summed E-state index contributed by atoms with van der Waals surface area (Å²) in [4.78, 5) is 9.09. The molecule has 0 fully saturated rings. The molecule has 3 aromatic rings. The van der Waals surface area contributed by atoms with Gasteiger partial charge < -0.3 is 0 Å². The molecule has 0 saturated carbocycles. The molecule has 0 unspecified atom stereocenters. The third kappa shape index (κ3) is 2.84. The van der Waals surface area contributed by atoms with E-state index in [0.29, 0.717) is 29.1 Å². The van der Waals surface area contributed by atoms with Crippen LogP contribution in [-0.2, 0) is 16.2 Å². The minimum absolute atomic E-state index is 0.310. The number of halogens is 3. The van der Waals surface area contributed by atoms with Crippen LogP contribution in [0, 0.1) is 10.1 Å². The number of benzene rings is 2. The van der Waals surface area contributed by atoms with Gasteiger partial charge in [-0.1, -0.05) is 18.2 Å². The van der Waals surface area contributed by atoms with Crippen molar-refractivity contribution in [3.8, 4) is 0 Å². The zero-order chi connectivity index (χ0) is 18.4. The molecule has 0 atom stereocenters. The number of hydrogen-bond donors (Lipinski definition) is 0. The molecule has 0 amide bonds. The van der Waals surface area contributed by atoms with Crippen molar-refractivity contribution in [2.24, 2.45) is 0 Å². The average molecular weight is 370 g/mol. The number of nitrogens with zero attached hydrogens (tertiary/aromatic N) is 2. The van der Waals surface area contributed by atoms with Crippen LogP contribution in [0.15, 0.2) is 59.6 Å². The maximum absolute atomic E-state index is 12.9. The highest BCUT2D eigenvalue weighted by Crippen LogP contribution is 2.37. The molecule has 0 spiro atoms. The van der Waals surface area contributed by atoms with E-state index in [0.717, 1.165) is 3.97 Å². The van der Waals surface area contributed by atoms with Crippen LogP contribution < -0.4 is 0 Å². The first-order chi connectivity index (χ1) is 11.6. The molecule has 2 aromatic carbocycles. The number of nitro benzene ring substituents is 1. The van der Waals surface area contributed by atoms with Crippen molar-refractivity contribution >= 4 is 26.6 Å². The maximum atomic E-state index is 12.9. The molecule has 1 heterocycles. The molecule has 0 bridgehead atoms. The SMILES string of the molecule is O=[N+]([O-])c1cc(S(=O)(=O)n2ccc3ccccc32)ccc1C(F)(F)F. The number of alkyl halides is 3. The fourth-order valence-electron chi connectivity index (χ4n) is 2.44. The van der Waals surface area contributed by atoms with Crippen LogP contribution in [0.1, 0.15) is 5.56 Å². The van der Waals surface area contributed by atoms with E-state index in [1.54, 1.807) is 18.2 Å². The summed E-state index contributed by atoms with van der Waals surface area (Å²) in [7, 11) is -4.30. The van der Waals surface area contributed by atoms with Gasteiger partial charge in [-0.3, -0.25) is 10.1 Å². The predicted octanol–water partition coefficient (Wildman–Crippen LogP) is 3.81. The number of para-hydroxylation sites is 1. The quantitative estimate of drug-likeness (QED) is 0.519. The number of aromatic nitrogens is 1. The normalized spacial score (nSPS) is 12.4. The van der Waals surface area contributed by atoms with Crippen molar-refractivity contribution in [2.45, 2.75) is 11.1 Å². The van der Waals surface area contributed by atoms with E-state index >= 15 is 0 Å². The first-order valence-electron chi connectivity index (χ1n) is 6.79. The van der Waals surface area contributed by atoms with E-state index in [9.17, 15) is 31.7 Å². The summed E-state index contributed by atoms with van der Waals surface area (Å²) in [6.07, 6.45) is -3.73. The van der Waals surface area contributed by atoms with E-state index in [1.807, 2.05) is 0 Å². The molecule has 0 N–H and O–H groups in total. The second-order valence-electron chi connectivity index (χ2n) is 5.11. The first-order valence-corrected chi connectivity index (χ1v) is 8.23. The average Bonchev–Trinajstić information content (AvgIpc) is 2.98. The van der Waals surface area contributed by atoms with Gasteiger partial charge in [0.25, 0.3) is 15.7 Å². The Kier molecular flexibility index (Phi) is 3.79.